The predicted octanol–water partition coefficient (Wildman–Crippen LogP) is 3.00. The lowest BCUT2D eigenvalue weighted by molar-refractivity contribution is 0.0682. The normalized spacial score (nSPS) is 27.5. The number of nitrogens with zero attached hydrogens (tertiary/aromatic N) is 2. The number of nitrogens with two attached hydrogens (primary N) is 1. The fourth-order valence-electron chi connectivity index (χ4n) is 2.92. The molecule has 2 rings (SSSR count). The molecule has 0 radical (unpaired) electrons. The summed E-state index contributed by atoms with van der Waals surface area (Å²) in [6.07, 6.45) is 5.66. The van der Waals surface area contributed by atoms with Crippen molar-refractivity contribution in [3.63, 3.8) is 0 Å². The molecular weight excluding hydrogens is 306 g/mol. The molecule has 2 N–H and O–H groups in total. The number of aromatic nitrogens is 2. The van der Waals surface area contributed by atoms with Gasteiger partial charge in [0.25, 0.3) is 0 Å². The Hall–Kier alpha value is -0.680. The van der Waals surface area contributed by atoms with E-state index < -0.39 is 0 Å². The van der Waals surface area contributed by atoms with Crippen LogP contribution in [-0.4, -0.2) is 22.1 Å². The van der Waals surface area contributed by atoms with Gasteiger partial charge in [-0.05, 0) is 54.5 Å². The Morgan fingerprint density at radius 3 is 2.74 bits per heavy atom. The third-order valence-corrected chi connectivity index (χ3v) is 4.99. The minimum Gasteiger partial charge on any atom is -0.329 e. The number of aryl methyl sites for hydroxylation is 1. The standard InChI is InChI=1S/C14H22BrN3O/c1-3-18-12(11(15)8-17-18)13(19)14(9-16)6-4-10(2)5-7-14/h8,10H,3-7,9,16H2,1-2H3. The van der Waals surface area contributed by atoms with Gasteiger partial charge < -0.3 is 5.73 Å². The van der Waals surface area contributed by atoms with Crippen LogP contribution in [0.25, 0.3) is 0 Å². The van der Waals surface area contributed by atoms with Crippen molar-refractivity contribution in [1.29, 1.82) is 0 Å². The molecule has 0 atom stereocenters. The molecule has 1 saturated carbocycles. The van der Waals surface area contributed by atoms with Gasteiger partial charge in [0.15, 0.2) is 5.78 Å². The first-order valence-corrected chi connectivity index (χ1v) is 7.79. The zero-order valence-electron chi connectivity index (χ0n) is 11.7. The van der Waals surface area contributed by atoms with E-state index in [0.717, 1.165) is 30.2 Å². The van der Waals surface area contributed by atoms with E-state index >= 15 is 0 Å². The summed E-state index contributed by atoms with van der Waals surface area (Å²) in [5.41, 5.74) is 6.26. The van der Waals surface area contributed by atoms with Crippen molar-refractivity contribution < 1.29 is 4.79 Å². The Morgan fingerprint density at radius 2 is 2.21 bits per heavy atom. The lowest BCUT2D eigenvalue weighted by atomic mass is 9.67. The molecule has 0 aromatic carbocycles. The minimum atomic E-state index is -0.387. The average Bonchev–Trinajstić information content (AvgIpc) is 2.80. The van der Waals surface area contributed by atoms with Crippen molar-refractivity contribution >= 4 is 21.7 Å². The second kappa shape index (κ2) is 5.75. The highest BCUT2D eigenvalue weighted by Crippen LogP contribution is 2.41. The Morgan fingerprint density at radius 1 is 1.58 bits per heavy atom. The highest BCUT2D eigenvalue weighted by Gasteiger charge is 2.42. The maximum absolute atomic E-state index is 13.0. The van der Waals surface area contributed by atoms with E-state index in [-0.39, 0.29) is 11.2 Å². The van der Waals surface area contributed by atoms with Crippen LogP contribution < -0.4 is 5.73 Å². The topological polar surface area (TPSA) is 60.9 Å². The van der Waals surface area contributed by atoms with Gasteiger partial charge in [-0.15, -0.1) is 0 Å². The van der Waals surface area contributed by atoms with E-state index in [2.05, 4.69) is 28.0 Å². The maximum Gasteiger partial charge on any atom is 0.189 e. The molecule has 0 saturated heterocycles. The van der Waals surface area contributed by atoms with Crippen LogP contribution >= 0.6 is 15.9 Å². The van der Waals surface area contributed by atoms with Gasteiger partial charge in [-0.25, -0.2) is 0 Å². The second-order valence-corrected chi connectivity index (χ2v) is 6.51. The van der Waals surface area contributed by atoms with Gasteiger partial charge in [-0.2, -0.15) is 5.10 Å². The van der Waals surface area contributed by atoms with Crippen molar-refractivity contribution in [2.24, 2.45) is 17.1 Å². The van der Waals surface area contributed by atoms with Gasteiger partial charge in [0.2, 0.25) is 0 Å². The highest BCUT2D eigenvalue weighted by atomic mass is 79.9. The number of ketones is 1. The molecule has 0 unspecified atom stereocenters. The number of rotatable bonds is 4. The van der Waals surface area contributed by atoms with E-state index in [1.165, 1.54) is 0 Å². The van der Waals surface area contributed by atoms with Crippen molar-refractivity contribution in [1.82, 2.24) is 9.78 Å². The van der Waals surface area contributed by atoms with Gasteiger partial charge in [0.05, 0.1) is 10.7 Å². The average molecular weight is 328 g/mol. The molecule has 1 fully saturated rings. The van der Waals surface area contributed by atoms with Gasteiger partial charge in [-0.3, -0.25) is 9.48 Å². The number of carbonyl (C=O) groups excluding carboxylic acids is 1. The Balaban J connectivity index is 2.33. The SMILES string of the molecule is CCn1ncc(Br)c1C(=O)C1(CN)CCC(C)CC1. The quantitative estimate of drug-likeness (QED) is 0.864. The van der Waals surface area contributed by atoms with Crippen LogP contribution in [0.5, 0.6) is 0 Å². The smallest absolute Gasteiger partial charge is 0.189 e. The fraction of sp³-hybridized carbons (Fsp3) is 0.714. The minimum absolute atomic E-state index is 0.160. The van der Waals surface area contributed by atoms with Crippen molar-refractivity contribution in [2.75, 3.05) is 6.54 Å². The molecule has 4 nitrogen and oxygen atoms in total. The van der Waals surface area contributed by atoms with Crippen molar-refractivity contribution in [3.05, 3.63) is 16.4 Å². The van der Waals surface area contributed by atoms with Crippen LogP contribution in [0.3, 0.4) is 0 Å². The van der Waals surface area contributed by atoms with E-state index in [1.807, 2.05) is 6.92 Å². The Kier molecular flexibility index (Phi) is 4.46. The third kappa shape index (κ3) is 2.63. The third-order valence-electron chi connectivity index (χ3n) is 4.41. The number of hydrogen-bond donors (Lipinski definition) is 1. The number of halogens is 1. The Bertz CT molecular complexity index is 461. The maximum atomic E-state index is 13.0. The summed E-state index contributed by atoms with van der Waals surface area (Å²) >= 11 is 3.45. The molecule has 5 heteroatoms. The first-order chi connectivity index (χ1) is 9.04. The second-order valence-electron chi connectivity index (χ2n) is 5.65. The summed E-state index contributed by atoms with van der Waals surface area (Å²) in [5, 5.41) is 4.24. The summed E-state index contributed by atoms with van der Waals surface area (Å²) in [6, 6.07) is 0. The zero-order chi connectivity index (χ0) is 14.0. The zero-order valence-corrected chi connectivity index (χ0v) is 13.2. The molecule has 1 aliphatic carbocycles. The molecule has 1 aromatic rings. The monoisotopic (exact) mass is 327 g/mol. The predicted molar refractivity (Wildman–Crippen MR) is 79.1 cm³/mol. The van der Waals surface area contributed by atoms with Crippen LogP contribution in [-0.2, 0) is 6.54 Å². The molecular formula is C14H22BrN3O. The van der Waals surface area contributed by atoms with E-state index in [9.17, 15) is 4.79 Å². The van der Waals surface area contributed by atoms with Crippen molar-refractivity contribution in [3.8, 4) is 0 Å². The first kappa shape index (κ1) is 14.7. The van der Waals surface area contributed by atoms with Gasteiger partial charge >= 0.3 is 0 Å². The fourth-order valence-corrected chi connectivity index (χ4v) is 3.39. The Labute approximate surface area is 122 Å². The summed E-state index contributed by atoms with van der Waals surface area (Å²) in [4.78, 5) is 13.0. The largest absolute Gasteiger partial charge is 0.329 e. The molecule has 19 heavy (non-hydrogen) atoms. The highest BCUT2D eigenvalue weighted by molar-refractivity contribution is 9.10. The van der Waals surface area contributed by atoms with Gasteiger partial charge in [-0.1, -0.05) is 6.92 Å². The number of carbonyl (C=O) groups is 1. The summed E-state index contributed by atoms with van der Waals surface area (Å²) in [7, 11) is 0. The van der Waals surface area contributed by atoms with Gasteiger partial charge in [0.1, 0.15) is 5.69 Å². The van der Waals surface area contributed by atoms with Crippen LogP contribution in [0, 0.1) is 11.3 Å². The summed E-state index contributed by atoms with van der Waals surface area (Å²) < 4.78 is 2.55. The van der Waals surface area contributed by atoms with Crippen LogP contribution in [0.15, 0.2) is 10.7 Å². The van der Waals surface area contributed by atoms with E-state index in [0.29, 0.717) is 24.7 Å². The van der Waals surface area contributed by atoms with Crippen LogP contribution in [0.2, 0.25) is 0 Å². The molecule has 1 aromatic heterocycles. The lowest BCUT2D eigenvalue weighted by Gasteiger charge is -2.37. The van der Waals surface area contributed by atoms with Crippen LogP contribution in [0.4, 0.5) is 0 Å². The summed E-state index contributed by atoms with van der Waals surface area (Å²) in [5.74, 6) is 0.861. The van der Waals surface area contributed by atoms with Gasteiger partial charge in [0, 0.05) is 18.5 Å². The number of Topliss-reactive ketones (excluding diaryl/α,β-unsaturated/α-hetero) is 1. The van der Waals surface area contributed by atoms with Crippen LogP contribution in [0.1, 0.15) is 50.0 Å². The molecule has 106 valence electrons. The lowest BCUT2D eigenvalue weighted by Crippen LogP contribution is -2.42. The van der Waals surface area contributed by atoms with Crippen molar-refractivity contribution in [2.45, 2.75) is 46.1 Å². The number of hydrogen-bond acceptors (Lipinski definition) is 3. The molecule has 0 aliphatic heterocycles. The molecule has 1 aliphatic rings. The first-order valence-electron chi connectivity index (χ1n) is 7.00. The van der Waals surface area contributed by atoms with E-state index in [1.54, 1.807) is 10.9 Å². The molecule has 0 bridgehead atoms. The van der Waals surface area contributed by atoms with E-state index in [4.69, 9.17) is 5.73 Å². The molecule has 0 spiro atoms. The summed E-state index contributed by atoms with van der Waals surface area (Å²) in [6.45, 7) is 5.37. The molecule has 0 amide bonds. The molecule has 1 heterocycles.